The Kier molecular flexibility index (Phi) is 7.15. The molecule has 0 saturated carbocycles. The molecule has 0 aromatic heterocycles. The van der Waals surface area contributed by atoms with Crippen molar-refractivity contribution in [1.29, 1.82) is 0 Å². The fourth-order valence-electron chi connectivity index (χ4n) is 5.70. The van der Waals surface area contributed by atoms with E-state index in [0.29, 0.717) is 64.8 Å². The Morgan fingerprint density at radius 1 is 0.897 bits per heavy atom. The van der Waals surface area contributed by atoms with Crippen LogP contribution in [0.4, 0.5) is 5.69 Å². The van der Waals surface area contributed by atoms with E-state index in [9.17, 15) is 14.4 Å². The van der Waals surface area contributed by atoms with Crippen LogP contribution in [0, 0.1) is 10.8 Å². The van der Waals surface area contributed by atoms with E-state index in [-0.39, 0.29) is 39.9 Å². The predicted molar refractivity (Wildman–Crippen MR) is 151 cm³/mol. The van der Waals surface area contributed by atoms with Crippen molar-refractivity contribution in [2.24, 2.45) is 10.8 Å². The second-order valence-corrected chi connectivity index (χ2v) is 13.0. The van der Waals surface area contributed by atoms with E-state index in [0.717, 1.165) is 5.56 Å². The highest BCUT2D eigenvalue weighted by atomic mass is 35.5. The molecule has 1 amide bonds. The van der Waals surface area contributed by atoms with Gasteiger partial charge in [-0.1, -0.05) is 57.0 Å². The summed E-state index contributed by atoms with van der Waals surface area (Å²) in [7, 11) is 0. The standard InChI is InChI=1S/C31H31Cl2NO5/c1-30(2)12-21(35)28-24(14-30)39-25-15-31(3,4)13-22(36)29(25)27(28)17-5-10-23(20(33)11-17)38-16-26(37)34-19-8-6-18(32)7-9-19/h5-11,27H,12-16H2,1-4H3,(H,34,37). The highest BCUT2D eigenvalue weighted by Gasteiger charge is 2.47. The van der Waals surface area contributed by atoms with Gasteiger partial charge in [0.2, 0.25) is 0 Å². The molecule has 5 rings (SSSR count). The van der Waals surface area contributed by atoms with Crippen LogP contribution in [0.5, 0.6) is 5.75 Å². The number of ketones is 2. The molecule has 8 heteroatoms. The van der Waals surface area contributed by atoms with Crippen molar-refractivity contribution < 1.29 is 23.9 Å². The van der Waals surface area contributed by atoms with E-state index >= 15 is 0 Å². The molecular formula is C31H31Cl2NO5. The van der Waals surface area contributed by atoms with Gasteiger partial charge in [-0.15, -0.1) is 0 Å². The SMILES string of the molecule is CC1(C)CC(=O)C2=C(C1)OC1=C(C(=O)CC(C)(C)C1)C2c1ccc(OCC(=O)Nc2ccc(Cl)cc2)c(Cl)c1. The Balaban J connectivity index is 1.43. The number of anilines is 1. The molecule has 3 aliphatic rings. The number of ether oxygens (including phenoxy) is 2. The molecule has 0 unspecified atom stereocenters. The van der Waals surface area contributed by atoms with Crippen molar-refractivity contribution in [2.75, 3.05) is 11.9 Å². The first-order chi connectivity index (χ1) is 18.3. The van der Waals surface area contributed by atoms with Crippen LogP contribution in [0.15, 0.2) is 65.1 Å². The number of carbonyl (C=O) groups excluding carboxylic acids is 3. The third-order valence-corrected chi connectivity index (χ3v) is 7.91. The minimum absolute atomic E-state index is 0.00856. The average Bonchev–Trinajstić information content (AvgIpc) is 2.82. The molecule has 1 heterocycles. The fourth-order valence-corrected chi connectivity index (χ4v) is 6.06. The predicted octanol–water partition coefficient (Wildman–Crippen LogP) is 7.41. The number of hydrogen-bond acceptors (Lipinski definition) is 5. The molecule has 39 heavy (non-hydrogen) atoms. The fraction of sp³-hybridized carbons (Fsp3) is 0.387. The maximum absolute atomic E-state index is 13.5. The van der Waals surface area contributed by atoms with E-state index in [1.807, 2.05) is 6.07 Å². The van der Waals surface area contributed by atoms with Gasteiger partial charge in [-0.2, -0.15) is 0 Å². The Morgan fingerprint density at radius 2 is 1.46 bits per heavy atom. The third-order valence-electron chi connectivity index (χ3n) is 7.36. The van der Waals surface area contributed by atoms with Gasteiger partial charge in [0.25, 0.3) is 5.91 Å². The van der Waals surface area contributed by atoms with E-state index in [1.54, 1.807) is 36.4 Å². The topological polar surface area (TPSA) is 81.7 Å². The Bertz CT molecular complexity index is 1380. The first-order valence-electron chi connectivity index (χ1n) is 13.0. The third kappa shape index (κ3) is 5.78. The van der Waals surface area contributed by atoms with Gasteiger partial charge in [0.1, 0.15) is 17.3 Å². The van der Waals surface area contributed by atoms with Crippen LogP contribution in [0.1, 0.15) is 64.9 Å². The summed E-state index contributed by atoms with van der Waals surface area (Å²) in [6, 6.07) is 12.0. The van der Waals surface area contributed by atoms with E-state index in [1.165, 1.54) is 0 Å². The van der Waals surface area contributed by atoms with Crippen LogP contribution in [-0.4, -0.2) is 24.1 Å². The van der Waals surface area contributed by atoms with Gasteiger partial charge < -0.3 is 14.8 Å². The maximum atomic E-state index is 13.5. The van der Waals surface area contributed by atoms with Crippen LogP contribution >= 0.6 is 23.2 Å². The number of hydrogen-bond donors (Lipinski definition) is 1. The van der Waals surface area contributed by atoms with Crippen molar-refractivity contribution in [3.8, 4) is 5.75 Å². The number of Topliss-reactive ketones (excluding diaryl/α,β-unsaturated/α-hetero) is 2. The van der Waals surface area contributed by atoms with E-state index < -0.39 is 5.92 Å². The van der Waals surface area contributed by atoms with Gasteiger partial charge in [-0.25, -0.2) is 0 Å². The number of halogens is 2. The molecule has 0 fully saturated rings. The summed E-state index contributed by atoms with van der Waals surface area (Å²) in [5.74, 6) is 0.723. The zero-order valence-electron chi connectivity index (χ0n) is 22.5. The molecular weight excluding hydrogens is 537 g/mol. The van der Waals surface area contributed by atoms with Crippen molar-refractivity contribution in [2.45, 2.75) is 59.3 Å². The monoisotopic (exact) mass is 567 g/mol. The van der Waals surface area contributed by atoms with Gasteiger partial charge in [-0.05, 0) is 52.8 Å². The molecule has 0 atom stereocenters. The smallest absolute Gasteiger partial charge is 0.262 e. The number of amides is 1. The second-order valence-electron chi connectivity index (χ2n) is 12.1. The van der Waals surface area contributed by atoms with Gasteiger partial charge in [0, 0.05) is 53.5 Å². The van der Waals surface area contributed by atoms with Gasteiger partial charge in [0.05, 0.1) is 5.02 Å². The largest absolute Gasteiger partial charge is 0.482 e. The molecule has 1 N–H and O–H groups in total. The van der Waals surface area contributed by atoms with Crippen molar-refractivity contribution in [3.63, 3.8) is 0 Å². The van der Waals surface area contributed by atoms with E-state index in [4.69, 9.17) is 32.7 Å². The minimum atomic E-state index is -0.546. The summed E-state index contributed by atoms with van der Waals surface area (Å²) in [5, 5.41) is 3.60. The quantitative estimate of drug-likeness (QED) is 0.406. The molecule has 2 aromatic carbocycles. The Morgan fingerprint density at radius 3 is 2.00 bits per heavy atom. The van der Waals surface area contributed by atoms with E-state index in [2.05, 4.69) is 33.0 Å². The maximum Gasteiger partial charge on any atom is 0.262 e. The van der Waals surface area contributed by atoms with Crippen molar-refractivity contribution in [1.82, 2.24) is 0 Å². The summed E-state index contributed by atoms with van der Waals surface area (Å²) in [6.45, 7) is 7.97. The average molecular weight is 568 g/mol. The van der Waals surface area contributed by atoms with Gasteiger partial charge in [0.15, 0.2) is 18.2 Å². The second kappa shape index (κ2) is 10.1. The van der Waals surface area contributed by atoms with Crippen molar-refractivity contribution in [3.05, 3.63) is 80.7 Å². The first kappa shape index (κ1) is 27.5. The van der Waals surface area contributed by atoms with Crippen LogP contribution < -0.4 is 10.1 Å². The molecule has 0 spiro atoms. The molecule has 1 aliphatic heterocycles. The molecule has 0 saturated heterocycles. The summed E-state index contributed by atoms with van der Waals surface area (Å²) < 4.78 is 12.0. The lowest BCUT2D eigenvalue weighted by Gasteiger charge is -2.42. The first-order valence-corrected chi connectivity index (χ1v) is 13.8. The lowest BCUT2D eigenvalue weighted by Crippen LogP contribution is -2.37. The lowest BCUT2D eigenvalue weighted by molar-refractivity contribution is -0.120. The summed E-state index contributed by atoms with van der Waals surface area (Å²) in [5.41, 5.74) is 1.97. The molecule has 6 nitrogen and oxygen atoms in total. The molecule has 2 aliphatic carbocycles. The summed E-state index contributed by atoms with van der Waals surface area (Å²) >= 11 is 12.5. The Labute approximate surface area is 238 Å². The number of carbonyl (C=O) groups is 3. The molecule has 204 valence electrons. The van der Waals surface area contributed by atoms with Gasteiger partial charge >= 0.3 is 0 Å². The van der Waals surface area contributed by atoms with Crippen LogP contribution in [0.3, 0.4) is 0 Å². The van der Waals surface area contributed by atoms with Crippen LogP contribution in [0.25, 0.3) is 0 Å². The summed E-state index contributed by atoms with van der Waals surface area (Å²) in [6.07, 6.45) is 2.00. The number of rotatable bonds is 5. The van der Waals surface area contributed by atoms with Crippen molar-refractivity contribution >= 4 is 46.4 Å². The van der Waals surface area contributed by atoms with Crippen LogP contribution in [-0.2, 0) is 19.1 Å². The minimum Gasteiger partial charge on any atom is -0.482 e. The van der Waals surface area contributed by atoms with Crippen LogP contribution in [0.2, 0.25) is 10.0 Å². The highest BCUT2D eigenvalue weighted by Crippen LogP contribution is 2.53. The number of benzene rings is 2. The zero-order valence-corrected chi connectivity index (χ0v) is 24.0. The zero-order chi connectivity index (χ0) is 28.1. The summed E-state index contributed by atoms with van der Waals surface area (Å²) in [4.78, 5) is 39.3. The Hall–Kier alpha value is -3.09. The molecule has 0 bridgehead atoms. The normalized spacial score (nSPS) is 20.3. The number of allylic oxidation sites excluding steroid dienone is 4. The lowest BCUT2D eigenvalue weighted by atomic mass is 9.65. The number of nitrogens with one attached hydrogen (secondary N) is 1. The molecule has 2 aromatic rings. The molecule has 0 radical (unpaired) electrons. The van der Waals surface area contributed by atoms with Gasteiger partial charge in [-0.3, -0.25) is 14.4 Å². The highest BCUT2D eigenvalue weighted by molar-refractivity contribution is 6.32.